The van der Waals surface area contributed by atoms with Gasteiger partial charge in [-0.05, 0) is 25.1 Å². The Labute approximate surface area is 113 Å². The van der Waals surface area contributed by atoms with E-state index in [2.05, 4.69) is 5.10 Å². The molecule has 0 aliphatic rings. The van der Waals surface area contributed by atoms with E-state index < -0.39 is 11.9 Å². The molecule has 0 aliphatic carbocycles. The minimum atomic E-state index is -1.22. The number of rotatable bonds is 4. The van der Waals surface area contributed by atoms with Crippen molar-refractivity contribution in [1.82, 2.24) is 9.78 Å². The van der Waals surface area contributed by atoms with Gasteiger partial charge in [-0.25, -0.2) is 14.3 Å². The van der Waals surface area contributed by atoms with Gasteiger partial charge in [0.25, 0.3) is 0 Å². The van der Waals surface area contributed by atoms with Gasteiger partial charge >= 0.3 is 11.9 Å². The third-order valence-corrected chi connectivity index (χ3v) is 2.85. The fourth-order valence-electron chi connectivity index (χ4n) is 1.77. The van der Waals surface area contributed by atoms with Crippen molar-refractivity contribution >= 4 is 11.9 Å². The molecule has 0 bridgehead atoms. The van der Waals surface area contributed by atoms with Crippen molar-refractivity contribution in [1.29, 1.82) is 0 Å². The Hall–Kier alpha value is -2.67. The van der Waals surface area contributed by atoms with Gasteiger partial charge < -0.3 is 15.3 Å². The zero-order valence-corrected chi connectivity index (χ0v) is 10.6. The molecule has 104 valence electrons. The van der Waals surface area contributed by atoms with E-state index in [1.165, 1.54) is 23.0 Å². The van der Waals surface area contributed by atoms with Crippen molar-refractivity contribution in [3.05, 3.63) is 46.8 Å². The Morgan fingerprint density at radius 1 is 1.15 bits per heavy atom. The number of aliphatic hydroxyl groups is 1. The van der Waals surface area contributed by atoms with Gasteiger partial charge in [0, 0.05) is 11.8 Å². The largest absolute Gasteiger partial charge is 0.478 e. The van der Waals surface area contributed by atoms with E-state index in [1.54, 1.807) is 6.92 Å². The number of aromatic nitrogens is 2. The van der Waals surface area contributed by atoms with Crippen LogP contribution in [-0.2, 0) is 6.61 Å². The lowest BCUT2D eigenvalue weighted by Gasteiger charge is -2.05. The highest BCUT2D eigenvalue weighted by Crippen LogP contribution is 2.17. The van der Waals surface area contributed by atoms with Crippen molar-refractivity contribution in [3.8, 4) is 5.69 Å². The molecule has 0 spiro atoms. The summed E-state index contributed by atoms with van der Waals surface area (Å²) in [7, 11) is 0. The van der Waals surface area contributed by atoms with Crippen LogP contribution in [-0.4, -0.2) is 37.0 Å². The average Bonchev–Trinajstić information content (AvgIpc) is 2.79. The van der Waals surface area contributed by atoms with Gasteiger partial charge in [0.05, 0.1) is 29.1 Å². The van der Waals surface area contributed by atoms with Gasteiger partial charge in [0.1, 0.15) is 0 Å². The first-order valence-electron chi connectivity index (χ1n) is 5.70. The fourth-order valence-corrected chi connectivity index (χ4v) is 1.77. The molecule has 3 N–H and O–H groups in total. The van der Waals surface area contributed by atoms with E-state index in [0.717, 1.165) is 6.07 Å². The van der Waals surface area contributed by atoms with Crippen molar-refractivity contribution in [2.45, 2.75) is 13.5 Å². The Morgan fingerprint density at radius 2 is 1.70 bits per heavy atom. The molecule has 7 heteroatoms. The van der Waals surface area contributed by atoms with Gasteiger partial charge in [-0.15, -0.1) is 0 Å². The molecule has 2 rings (SSSR count). The van der Waals surface area contributed by atoms with Crippen LogP contribution >= 0.6 is 0 Å². The first kappa shape index (κ1) is 13.8. The molecule has 1 heterocycles. The lowest BCUT2D eigenvalue weighted by atomic mass is 10.1. The Bertz CT molecular complexity index is 658. The number of aryl methyl sites for hydroxylation is 1. The normalized spacial score (nSPS) is 10.5. The standard InChI is InChI=1S/C13H12N2O5/c1-7-10(6-16)5-15(14-7)11-3-8(12(17)18)2-9(4-11)13(19)20/h2-5,16H,6H2,1H3,(H,17,18)(H,19,20). The molecular formula is C13H12N2O5. The number of hydrogen-bond donors (Lipinski definition) is 3. The molecular weight excluding hydrogens is 264 g/mol. The number of carbonyl (C=O) groups is 2. The molecule has 0 saturated heterocycles. The van der Waals surface area contributed by atoms with Crippen molar-refractivity contribution in [3.63, 3.8) is 0 Å². The van der Waals surface area contributed by atoms with Crippen LogP contribution in [0, 0.1) is 6.92 Å². The van der Waals surface area contributed by atoms with Crippen LogP contribution in [0.25, 0.3) is 5.69 Å². The van der Waals surface area contributed by atoms with Crippen LogP contribution in [0.4, 0.5) is 0 Å². The Morgan fingerprint density at radius 3 is 2.10 bits per heavy atom. The van der Waals surface area contributed by atoms with Crippen LogP contribution in [0.2, 0.25) is 0 Å². The molecule has 0 amide bonds. The maximum absolute atomic E-state index is 11.0. The van der Waals surface area contributed by atoms with Gasteiger partial charge in [0.2, 0.25) is 0 Å². The molecule has 0 aliphatic heterocycles. The van der Waals surface area contributed by atoms with Gasteiger partial charge in [-0.2, -0.15) is 5.10 Å². The van der Waals surface area contributed by atoms with E-state index in [9.17, 15) is 9.59 Å². The highest BCUT2D eigenvalue weighted by Gasteiger charge is 2.13. The smallest absolute Gasteiger partial charge is 0.335 e. The summed E-state index contributed by atoms with van der Waals surface area (Å²) >= 11 is 0. The number of aromatic carboxylic acids is 2. The molecule has 0 atom stereocenters. The molecule has 20 heavy (non-hydrogen) atoms. The quantitative estimate of drug-likeness (QED) is 0.769. The second-order valence-corrected chi connectivity index (χ2v) is 4.22. The summed E-state index contributed by atoms with van der Waals surface area (Å²) in [5.74, 6) is -2.44. The predicted octanol–water partition coefficient (Wildman–Crippen LogP) is 1.07. The summed E-state index contributed by atoms with van der Waals surface area (Å²) in [6, 6.07) is 3.72. The van der Waals surface area contributed by atoms with E-state index in [1.807, 2.05) is 0 Å². The molecule has 2 aromatic rings. The van der Waals surface area contributed by atoms with Crippen molar-refractivity contribution in [2.75, 3.05) is 0 Å². The van der Waals surface area contributed by atoms with Crippen molar-refractivity contribution < 1.29 is 24.9 Å². The number of carboxylic acid groups (broad SMARTS) is 2. The fraction of sp³-hybridized carbons (Fsp3) is 0.154. The van der Waals surface area contributed by atoms with Crippen LogP contribution < -0.4 is 0 Å². The average molecular weight is 276 g/mol. The number of aliphatic hydroxyl groups excluding tert-OH is 1. The zero-order chi connectivity index (χ0) is 14.9. The summed E-state index contributed by atoms with van der Waals surface area (Å²) in [6.07, 6.45) is 1.53. The summed E-state index contributed by atoms with van der Waals surface area (Å²) in [5, 5.41) is 31.3. The van der Waals surface area contributed by atoms with Crippen LogP contribution in [0.15, 0.2) is 24.4 Å². The van der Waals surface area contributed by atoms with Gasteiger partial charge in [-0.3, -0.25) is 0 Å². The summed E-state index contributed by atoms with van der Waals surface area (Å²) in [6.45, 7) is 1.50. The van der Waals surface area contributed by atoms with Crippen LogP contribution in [0.3, 0.4) is 0 Å². The molecule has 0 saturated carbocycles. The number of benzene rings is 1. The molecule has 1 aromatic carbocycles. The molecule has 0 unspecified atom stereocenters. The third-order valence-electron chi connectivity index (χ3n) is 2.85. The maximum Gasteiger partial charge on any atom is 0.335 e. The second-order valence-electron chi connectivity index (χ2n) is 4.22. The summed E-state index contributed by atoms with van der Waals surface area (Å²) < 4.78 is 1.35. The third kappa shape index (κ3) is 2.52. The molecule has 1 aromatic heterocycles. The van der Waals surface area contributed by atoms with Crippen LogP contribution in [0.5, 0.6) is 0 Å². The van der Waals surface area contributed by atoms with Crippen LogP contribution in [0.1, 0.15) is 32.0 Å². The lowest BCUT2D eigenvalue weighted by Crippen LogP contribution is -2.06. The minimum absolute atomic E-state index is 0.140. The number of nitrogens with zero attached hydrogens (tertiary/aromatic N) is 2. The SMILES string of the molecule is Cc1nn(-c2cc(C(=O)O)cc(C(=O)O)c2)cc1CO. The van der Waals surface area contributed by atoms with E-state index in [-0.39, 0.29) is 17.7 Å². The second kappa shape index (κ2) is 5.14. The minimum Gasteiger partial charge on any atom is -0.478 e. The summed E-state index contributed by atoms with van der Waals surface area (Å²) in [5.41, 5.74) is 1.20. The topological polar surface area (TPSA) is 113 Å². The first-order valence-corrected chi connectivity index (χ1v) is 5.70. The molecule has 7 nitrogen and oxygen atoms in total. The zero-order valence-electron chi connectivity index (χ0n) is 10.6. The Kier molecular flexibility index (Phi) is 3.53. The monoisotopic (exact) mass is 276 g/mol. The highest BCUT2D eigenvalue weighted by atomic mass is 16.4. The predicted molar refractivity (Wildman–Crippen MR) is 68.1 cm³/mol. The van der Waals surface area contributed by atoms with Gasteiger partial charge in [0.15, 0.2) is 0 Å². The number of hydrogen-bond acceptors (Lipinski definition) is 4. The van der Waals surface area contributed by atoms with Crippen molar-refractivity contribution in [2.24, 2.45) is 0 Å². The lowest BCUT2D eigenvalue weighted by molar-refractivity contribution is 0.0696. The molecule has 0 fully saturated rings. The molecule has 0 radical (unpaired) electrons. The first-order chi connectivity index (χ1) is 9.42. The van der Waals surface area contributed by atoms with Gasteiger partial charge in [-0.1, -0.05) is 0 Å². The van der Waals surface area contributed by atoms with E-state index >= 15 is 0 Å². The van der Waals surface area contributed by atoms with E-state index in [4.69, 9.17) is 15.3 Å². The van der Waals surface area contributed by atoms with E-state index in [0.29, 0.717) is 16.9 Å². The maximum atomic E-state index is 11.0. The Balaban J connectivity index is 2.60. The summed E-state index contributed by atoms with van der Waals surface area (Å²) in [4.78, 5) is 22.1. The highest BCUT2D eigenvalue weighted by molar-refractivity contribution is 5.94. The number of carboxylic acids is 2.